The molecule has 1 aromatic carbocycles. The Labute approximate surface area is 101 Å². The van der Waals surface area contributed by atoms with Gasteiger partial charge in [-0.3, -0.25) is 4.79 Å². The predicted molar refractivity (Wildman–Crippen MR) is 67.7 cm³/mol. The summed E-state index contributed by atoms with van der Waals surface area (Å²) in [4.78, 5) is 16.1. The van der Waals surface area contributed by atoms with Gasteiger partial charge in [0.2, 0.25) is 0 Å². The quantitative estimate of drug-likeness (QED) is 0.806. The van der Waals surface area contributed by atoms with Gasteiger partial charge in [0.25, 0.3) is 0 Å². The first-order chi connectivity index (χ1) is 8.24. The number of hydrogen-bond acceptors (Lipinski definition) is 2. The Morgan fingerprint density at radius 1 is 1.35 bits per heavy atom. The number of aromatic nitrogens is 2. The van der Waals surface area contributed by atoms with Gasteiger partial charge in [-0.2, -0.15) is 0 Å². The number of Topliss-reactive ketones (excluding diaryl/α,β-unsaturated/α-hetero) is 1. The van der Waals surface area contributed by atoms with Gasteiger partial charge in [0.1, 0.15) is 5.82 Å². The summed E-state index contributed by atoms with van der Waals surface area (Å²) in [5.41, 5.74) is 1.04. The molecule has 2 aromatic rings. The fourth-order valence-electron chi connectivity index (χ4n) is 1.89. The lowest BCUT2D eigenvalue weighted by atomic mass is 10.1. The summed E-state index contributed by atoms with van der Waals surface area (Å²) in [7, 11) is 0. The molecule has 0 aliphatic heterocycles. The van der Waals surface area contributed by atoms with Gasteiger partial charge >= 0.3 is 0 Å². The van der Waals surface area contributed by atoms with Crippen molar-refractivity contribution in [2.24, 2.45) is 0 Å². The predicted octanol–water partition coefficient (Wildman–Crippen LogP) is 3.09. The van der Waals surface area contributed by atoms with Crippen molar-refractivity contribution >= 4 is 5.78 Å². The first-order valence-corrected chi connectivity index (χ1v) is 5.85. The van der Waals surface area contributed by atoms with Crippen molar-refractivity contribution in [3.63, 3.8) is 0 Å². The summed E-state index contributed by atoms with van der Waals surface area (Å²) in [6, 6.07) is 9.76. The molecule has 88 valence electrons. The minimum absolute atomic E-state index is 0.155. The molecular formula is C14H16N2O. The Kier molecular flexibility index (Phi) is 3.38. The van der Waals surface area contributed by atoms with Crippen molar-refractivity contribution in [1.82, 2.24) is 9.55 Å². The average molecular weight is 228 g/mol. The number of nitrogens with zero attached hydrogens (tertiary/aromatic N) is 2. The van der Waals surface area contributed by atoms with Crippen molar-refractivity contribution in [2.75, 3.05) is 0 Å². The van der Waals surface area contributed by atoms with E-state index >= 15 is 0 Å². The van der Waals surface area contributed by atoms with Crippen molar-refractivity contribution in [3.05, 3.63) is 42.7 Å². The van der Waals surface area contributed by atoms with Crippen LogP contribution in [0.5, 0.6) is 0 Å². The van der Waals surface area contributed by atoms with E-state index in [1.54, 1.807) is 6.20 Å². The van der Waals surface area contributed by atoms with E-state index in [4.69, 9.17) is 0 Å². The molecule has 0 saturated carbocycles. The van der Waals surface area contributed by atoms with Crippen molar-refractivity contribution < 1.29 is 4.79 Å². The van der Waals surface area contributed by atoms with Crippen molar-refractivity contribution in [1.29, 1.82) is 0 Å². The molecule has 0 radical (unpaired) electrons. The van der Waals surface area contributed by atoms with Crippen LogP contribution in [0.2, 0.25) is 0 Å². The summed E-state index contributed by atoms with van der Waals surface area (Å²) in [5, 5.41) is 0. The highest BCUT2D eigenvalue weighted by atomic mass is 16.1. The minimum atomic E-state index is -0.155. The Hall–Kier alpha value is -1.90. The summed E-state index contributed by atoms with van der Waals surface area (Å²) >= 11 is 0. The van der Waals surface area contributed by atoms with Gasteiger partial charge in [-0.05, 0) is 6.92 Å². The first kappa shape index (κ1) is 11.6. The fourth-order valence-corrected chi connectivity index (χ4v) is 1.89. The van der Waals surface area contributed by atoms with E-state index in [0.717, 1.165) is 11.4 Å². The number of ketones is 1. The van der Waals surface area contributed by atoms with Crippen LogP contribution in [0.3, 0.4) is 0 Å². The Balaban J connectivity index is 2.39. The second kappa shape index (κ2) is 4.95. The van der Waals surface area contributed by atoms with E-state index in [9.17, 15) is 4.79 Å². The molecule has 0 aliphatic carbocycles. The molecule has 2 rings (SSSR count). The Morgan fingerprint density at radius 2 is 2.06 bits per heavy atom. The molecule has 0 fully saturated rings. The zero-order valence-corrected chi connectivity index (χ0v) is 10.1. The van der Waals surface area contributed by atoms with Crippen LogP contribution in [0.1, 0.15) is 26.3 Å². The van der Waals surface area contributed by atoms with Gasteiger partial charge in [-0.1, -0.05) is 37.3 Å². The molecule has 0 saturated heterocycles. The van der Waals surface area contributed by atoms with E-state index in [1.165, 1.54) is 0 Å². The molecule has 0 amide bonds. The number of benzene rings is 1. The maximum absolute atomic E-state index is 11.7. The molecule has 1 atom stereocenters. The van der Waals surface area contributed by atoms with E-state index in [1.807, 2.05) is 54.9 Å². The van der Waals surface area contributed by atoms with Crippen LogP contribution in [0, 0.1) is 0 Å². The van der Waals surface area contributed by atoms with Crippen molar-refractivity contribution in [3.8, 4) is 11.4 Å². The number of carbonyl (C=O) groups excluding carboxylic acids is 1. The van der Waals surface area contributed by atoms with Gasteiger partial charge in [0, 0.05) is 24.4 Å². The Bertz CT molecular complexity index is 502. The molecule has 1 heterocycles. The number of carbonyl (C=O) groups is 1. The lowest BCUT2D eigenvalue weighted by Gasteiger charge is -2.14. The summed E-state index contributed by atoms with van der Waals surface area (Å²) in [6.07, 6.45) is 4.15. The monoisotopic (exact) mass is 228 g/mol. The highest BCUT2D eigenvalue weighted by Gasteiger charge is 2.16. The highest BCUT2D eigenvalue weighted by molar-refractivity contribution is 5.82. The topological polar surface area (TPSA) is 34.9 Å². The highest BCUT2D eigenvalue weighted by Crippen LogP contribution is 2.21. The molecular weight excluding hydrogens is 212 g/mol. The van der Waals surface area contributed by atoms with Crippen LogP contribution < -0.4 is 0 Å². The molecule has 0 N–H and O–H groups in total. The van der Waals surface area contributed by atoms with E-state index in [2.05, 4.69) is 4.98 Å². The van der Waals surface area contributed by atoms with Crippen LogP contribution in [0.25, 0.3) is 11.4 Å². The maximum Gasteiger partial charge on any atom is 0.155 e. The Morgan fingerprint density at radius 3 is 2.71 bits per heavy atom. The van der Waals surface area contributed by atoms with Crippen LogP contribution in [-0.4, -0.2) is 15.3 Å². The van der Waals surface area contributed by atoms with Gasteiger partial charge < -0.3 is 4.57 Å². The first-order valence-electron chi connectivity index (χ1n) is 5.85. The van der Waals surface area contributed by atoms with Gasteiger partial charge in [-0.25, -0.2) is 4.98 Å². The summed E-state index contributed by atoms with van der Waals surface area (Å²) < 4.78 is 1.93. The molecule has 17 heavy (non-hydrogen) atoms. The smallest absolute Gasteiger partial charge is 0.155 e. The fraction of sp³-hybridized carbons (Fsp3) is 0.286. The molecule has 3 heteroatoms. The van der Waals surface area contributed by atoms with Gasteiger partial charge in [0.15, 0.2) is 5.78 Å². The van der Waals surface area contributed by atoms with Gasteiger partial charge in [-0.15, -0.1) is 0 Å². The second-order valence-electron chi connectivity index (χ2n) is 4.02. The van der Waals surface area contributed by atoms with Crippen LogP contribution >= 0.6 is 0 Å². The van der Waals surface area contributed by atoms with Crippen LogP contribution in [0.15, 0.2) is 42.7 Å². The maximum atomic E-state index is 11.7. The molecule has 0 spiro atoms. The second-order valence-corrected chi connectivity index (χ2v) is 4.02. The number of hydrogen-bond donors (Lipinski definition) is 0. The molecule has 0 aliphatic rings. The third-order valence-electron chi connectivity index (χ3n) is 2.93. The lowest BCUT2D eigenvalue weighted by molar-refractivity contribution is -0.121. The van der Waals surface area contributed by atoms with E-state index < -0.39 is 0 Å². The average Bonchev–Trinajstić information content (AvgIpc) is 2.87. The molecule has 1 aromatic heterocycles. The van der Waals surface area contributed by atoms with Crippen molar-refractivity contribution in [2.45, 2.75) is 26.3 Å². The van der Waals surface area contributed by atoms with Crippen LogP contribution in [0.4, 0.5) is 0 Å². The SMILES string of the molecule is CCC(=O)C(C)n1ccnc1-c1ccccc1. The normalized spacial score (nSPS) is 12.4. The zero-order chi connectivity index (χ0) is 12.3. The molecule has 1 unspecified atom stereocenters. The molecule has 0 bridgehead atoms. The number of imidazole rings is 1. The third kappa shape index (κ3) is 2.28. The van der Waals surface area contributed by atoms with Gasteiger partial charge in [0.05, 0.1) is 6.04 Å². The minimum Gasteiger partial charge on any atom is -0.321 e. The van der Waals surface area contributed by atoms with E-state index in [-0.39, 0.29) is 11.8 Å². The largest absolute Gasteiger partial charge is 0.321 e. The summed E-state index contributed by atoms with van der Waals surface area (Å²) in [5.74, 6) is 1.07. The standard InChI is InChI=1S/C14H16N2O/c1-3-13(17)11(2)16-10-9-15-14(16)12-7-5-4-6-8-12/h4-11H,3H2,1-2H3. The lowest BCUT2D eigenvalue weighted by Crippen LogP contribution is -2.15. The number of rotatable bonds is 4. The third-order valence-corrected chi connectivity index (χ3v) is 2.93. The zero-order valence-electron chi connectivity index (χ0n) is 10.1. The van der Waals surface area contributed by atoms with Crippen LogP contribution in [-0.2, 0) is 4.79 Å². The summed E-state index contributed by atoms with van der Waals surface area (Å²) in [6.45, 7) is 3.80. The molecule has 3 nitrogen and oxygen atoms in total. The van der Waals surface area contributed by atoms with E-state index in [0.29, 0.717) is 6.42 Å².